The third-order valence-electron chi connectivity index (χ3n) is 3.30. The summed E-state index contributed by atoms with van der Waals surface area (Å²) in [5.74, 6) is 0.427. The number of sulfonamides is 1. The molecule has 5 nitrogen and oxygen atoms in total. The predicted molar refractivity (Wildman–Crippen MR) is 76.6 cm³/mol. The molecule has 1 aliphatic heterocycles. The molecule has 6 heteroatoms. The van der Waals surface area contributed by atoms with Crippen LogP contribution in [0.2, 0.25) is 0 Å². The van der Waals surface area contributed by atoms with Crippen molar-refractivity contribution in [2.24, 2.45) is 0 Å². The van der Waals surface area contributed by atoms with Gasteiger partial charge < -0.3 is 9.47 Å². The van der Waals surface area contributed by atoms with Crippen molar-refractivity contribution in [3.05, 3.63) is 23.8 Å². The summed E-state index contributed by atoms with van der Waals surface area (Å²) in [6.07, 6.45) is 0.790. The molecule has 0 bridgehead atoms. The summed E-state index contributed by atoms with van der Waals surface area (Å²) in [4.78, 5) is 0.264. The Morgan fingerprint density at radius 2 is 1.95 bits per heavy atom. The highest BCUT2D eigenvalue weighted by Gasteiger charge is 2.29. The number of aryl methyl sites for hydroxylation is 1. The van der Waals surface area contributed by atoms with Crippen LogP contribution >= 0.6 is 0 Å². The minimum atomic E-state index is -3.52. The summed E-state index contributed by atoms with van der Waals surface area (Å²) in [7, 11) is -3.52. The van der Waals surface area contributed by atoms with Crippen LogP contribution in [0.25, 0.3) is 0 Å². The molecule has 0 saturated carbocycles. The van der Waals surface area contributed by atoms with Gasteiger partial charge >= 0.3 is 0 Å². The van der Waals surface area contributed by atoms with E-state index in [0.29, 0.717) is 38.7 Å². The summed E-state index contributed by atoms with van der Waals surface area (Å²) in [6.45, 7) is 5.96. The molecule has 0 atom stereocenters. The normalized spacial score (nSPS) is 17.1. The molecule has 0 unspecified atom stereocenters. The minimum absolute atomic E-state index is 0.264. The molecular formula is C14H21NO4S. The molecule has 1 aliphatic rings. The number of morpholine rings is 1. The Balaban J connectivity index is 2.42. The van der Waals surface area contributed by atoms with E-state index in [9.17, 15) is 8.42 Å². The molecule has 0 aliphatic carbocycles. The van der Waals surface area contributed by atoms with Gasteiger partial charge in [0, 0.05) is 13.1 Å². The smallest absolute Gasteiger partial charge is 0.246 e. The minimum Gasteiger partial charge on any atom is -0.492 e. The SMILES string of the molecule is CCOc1ccc(CC)cc1S(=O)(=O)N1CCOCC1. The van der Waals surface area contributed by atoms with Gasteiger partial charge in [-0.05, 0) is 31.0 Å². The average molecular weight is 299 g/mol. The van der Waals surface area contributed by atoms with E-state index in [1.807, 2.05) is 19.9 Å². The van der Waals surface area contributed by atoms with Crippen molar-refractivity contribution in [3.63, 3.8) is 0 Å². The predicted octanol–water partition coefficient (Wildman–Crippen LogP) is 1.67. The molecule has 1 saturated heterocycles. The van der Waals surface area contributed by atoms with Gasteiger partial charge in [-0.25, -0.2) is 8.42 Å². The Bertz CT molecular complexity index is 550. The van der Waals surface area contributed by atoms with Crippen LogP contribution in [-0.4, -0.2) is 45.6 Å². The van der Waals surface area contributed by atoms with Crippen molar-refractivity contribution in [2.75, 3.05) is 32.9 Å². The number of ether oxygens (including phenoxy) is 2. The van der Waals surface area contributed by atoms with Gasteiger partial charge in [0.25, 0.3) is 0 Å². The third-order valence-corrected chi connectivity index (χ3v) is 5.22. The third kappa shape index (κ3) is 3.13. The molecule has 0 spiro atoms. The number of rotatable bonds is 5. The Labute approximate surface area is 120 Å². The van der Waals surface area contributed by atoms with E-state index >= 15 is 0 Å². The van der Waals surface area contributed by atoms with Crippen LogP contribution in [0, 0.1) is 0 Å². The second kappa shape index (κ2) is 6.56. The van der Waals surface area contributed by atoms with Crippen molar-refractivity contribution in [3.8, 4) is 5.75 Å². The van der Waals surface area contributed by atoms with E-state index in [-0.39, 0.29) is 4.90 Å². The zero-order valence-electron chi connectivity index (χ0n) is 12.0. The molecule has 1 aromatic rings. The molecule has 0 radical (unpaired) electrons. The van der Waals surface area contributed by atoms with Crippen molar-refractivity contribution in [1.82, 2.24) is 4.31 Å². The highest BCUT2D eigenvalue weighted by atomic mass is 32.2. The van der Waals surface area contributed by atoms with E-state index in [2.05, 4.69) is 0 Å². The Morgan fingerprint density at radius 3 is 2.55 bits per heavy atom. The average Bonchev–Trinajstić information content (AvgIpc) is 2.48. The Hall–Kier alpha value is -1.11. The van der Waals surface area contributed by atoms with E-state index in [1.165, 1.54) is 4.31 Å². The van der Waals surface area contributed by atoms with Gasteiger partial charge in [-0.15, -0.1) is 0 Å². The Kier molecular flexibility index (Phi) is 5.01. The summed E-state index contributed by atoms with van der Waals surface area (Å²) in [5, 5.41) is 0. The fourth-order valence-electron chi connectivity index (χ4n) is 2.17. The largest absolute Gasteiger partial charge is 0.492 e. The van der Waals surface area contributed by atoms with E-state index < -0.39 is 10.0 Å². The lowest BCUT2D eigenvalue weighted by atomic mass is 10.2. The van der Waals surface area contributed by atoms with E-state index in [1.54, 1.807) is 12.1 Å². The first-order valence-electron chi connectivity index (χ1n) is 6.93. The maximum Gasteiger partial charge on any atom is 0.246 e. The molecule has 20 heavy (non-hydrogen) atoms. The van der Waals surface area contributed by atoms with Crippen LogP contribution in [0.15, 0.2) is 23.1 Å². The van der Waals surface area contributed by atoms with Crippen molar-refractivity contribution < 1.29 is 17.9 Å². The molecular weight excluding hydrogens is 278 g/mol. The van der Waals surface area contributed by atoms with Crippen LogP contribution in [-0.2, 0) is 21.2 Å². The first-order chi connectivity index (χ1) is 9.59. The van der Waals surface area contributed by atoms with Gasteiger partial charge in [-0.2, -0.15) is 4.31 Å². The van der Waals surface area contributed by atoms with Crippen molar-refractivity contribution in [2.45, 2.75) is 25.2 Å². The molecule has 0 amide bonds. The maximum atomic E-state index is 12.7. The lowest BCUT2D eigenvalue weighted by Crippen LogP contribution is -2.40. The molecule has 1 aromatic carbocycles. The number of hydrogen-bond acceptors (Lipinski definition) is 4. The highest BCUT2D eigenvalue weighted by Crippen LogP contribution is 2.28. The van der Waals surface area contributed by atoms with Gasteiger partial charge in [-0.3, -0.25) is 0 Å². The van der Waals surface area contributed by atoms with Gasteiger partial charge in [0.05, 0.1) is 19.8 Å². The van der Waals surface area contributed by atoms with Crippen LogP contribution in [0.3, 0.4) is 0 Å². The van der Waals surface area contributed by atoms with Crippen LogP contribution in [0.1, 0.15) is 19.4 Å². The first kappa shape index (κ1) is 15.3. The van der Waals surface area contributed by atoms with Gasteiger partial charge in [0.1, 0.15) is 10.6 Å². The number of hydrogen-bond donors (Lipinski definition) is 0. The first-order valence-corrected chi connectivity index (χ1v) is 8.37. The number of benzene rings is 1. The molecule has 0 N–H and O–H groups in total. The van der Waals surface area contributed by atoms with Crippen LogP contribution in [0.4, 0.5) is 0 Å². The molecule has 2 rings (SSSR count). The molecule has 1 fully saturated rings. The summed E-state index contributed by atoms with van der Waals surface area (Å²) < 4.78 is 37.6. The fraction of sp³-hybridized carbons (Fsp3) is 0.571. The Morgan fingerprint density at radius 1 is 1.25 bits per heavy atom. The topological polar surface area (TPSA) is 55.8 Å². The van der Waals surface area contributed by atoms with E-state index in [0.717, 1.165) is 12.0 Å². The standard InChI is InChI=1S/C14H21NO4S/c1-3-12-5-6-13(19-4-2)14(11-12)20(16,17)15-7-9-18-10-8-15/h5-6,11H,3-4,7-10H2,1-2H3. The van der Waals surface area contributed by atoms with Crippen LogP contribution < -0.4 is 4.74 Å². The monoisotopic (exact) mass is 299 g/mol. The van der Waals surface area contributed by atoms with Gasteiger partial charge in [0.2, 0.25) is 10.0 Å². The van der Waals surface area contributed by atoms with Crippen molar-refractivity contribution >= 4 is 10.0 Å². The molecule has 0 aromatic heterocycles. The van der Waals surface area contributed by atoms with E-state index in [4.69, 9.17) is 9.47 Å². The zero-order valence-corrected chi connectivity index (χ0v) is 12.8. The molecule has 1 heterocycles. The second-order valence-corrected chi connectivity index (χ2v) is 6.49. The zero-order chi connectivity index (χ0) is 14.6. The quantitative estimate of drug-likeness (QED) is 0.830. The fourth-order valence-corrected chi connectivity index (χ4v) is 3.76. The van der Waals surface area contributed by atoms with Crippen LogP contribution in [0.5, 0.6) is 5.75 Å². The summed E-state index contributed by atoms with van der Waals surface area (Å²) >= 11 is 0. The lowest BCUT2D eigenvalue weighted by Gasteiger charge is -2.27. The summed E-state index contributed by atoms with van der Waals surface area (Å²) in [6, 6.07) is 5.37. The second-order valence-electron chi connectivity index (χ2n) is 4.58. The van der Waals surface area contributed by atoms with Crippen molar-refractivity contribution in [1.29, 1.82) is 0 Å². The van der Waals surface area contributed by atoms with Gasteiger partial charge in [0.15, 0.2) is 0 Å². The number of nitrogens with zero attached hydrogens (tertiary/aromatic N) is 1. The highest BCUT2D eigenvalue weighted by molar-refractivity contribution is 7.89. The lowest BCUT2D eigenvalue weighted by molar-refractivity contribution is 0.0729. The maximum absolute atomic E-state index is 12.7. The summed E-state index contributed by atoms with van der Waals surface area (Å²) in [5.41, 5.74) is 0.986. The molecule has 112 valence electrons. The van der Waals surface area contributed by atoms with Gasteiger partial charge in [-0.1, -0.05) is 13.0 Å².